The van der Waals surface area contributed by atoms with E-state index in [9.17, 15) is 12.8 Å². The van der Waals surface area contributed by atoms with Gasteiger partial charge in [-0.1, -0.05) is 15.9 Å². The minimum absolute atomic E-state index is 0.0275. The molecule has 1 saturated heterocycles. The third kappa shape index (κ3) is 2.69. The second-order valence-electron chi connectivity index (χ2n) is 3.19. The minimum Gasteiger partial charge on any atom is -0.246 e. The van der Waals surface area contributed by atoms with Gasteiger partial charge in [0.2, 0.25) is 0 Å². The molecule has 0 aromatic carbocycles. The zero-order chi connectivity index (χ0) is 9.19. The quantitative estimate of drug-likeness (QED) is 0.705. The molecule has 0 aromatic heterocycles. The van der Waals surface area contributed by atoms with Crippen LogP contribution in [0.15, 0.2) is 0 Å². The molecule has 0 amide bonds. The highest BCUT2D eigenvalue weighted by atomic mass is 79.9. The number of rotatable bonds is 2. The molecular formula is C7H12BrFO2S. The van der Waals surface area contributed by atoms with E-state index in [0.717, 1.165) is 0 Å². The third-order valence-electron chi connectivity index (χ3n) is 2.16. The van der Waals surface area contributed by atoms with Crippen molar-refractivity contribution in [3.63, 3.8) is 0 Å². The van der Waals surface area contributed by atoms with Crippen LogP contribution in [0.4, 0.5) is 4.39 Å². The van der Waals surface area contributed by atoms with Crippen molar-refractivity contribution in [3.8, 4) is 0 Å². The van der Waals surface area contributed by atoms with Crippen molar-refractivity contribution >= 4 is 25.8 Å². The molecular weight excluding hydrogens is 247 g/mol. The summed E-state index contributed by atoms with van der Waals surface area (Å²) < 4.78 is 35.2. The summed E-state index contributed by atoms with van der Waals surface area (Å²) in [7, 11) is -2.95. The van der Waals surface area contributed by atoms with E-state index in [1.54, 1.807) is 0 Å². The maximum Gasteiger partial charge on any atom is 0.150 e. The molecule has 0 N–H and O–H groups in total. The topological polar surface area (TPSA) is 34.1 Å². The first-order valence-corrected chi connectivity index (χ1v) is 6.90. The Hall–Kier alpha value is 0.360. The predicted octanol–water partition coefficient (Wildman–Crippen LogP) is 1.54. The number of hydrogen-bond acceptors (Lipinski definition) is 2. The molecule has 2 nitrogen and oxygen atoms in total. The standard InChI is InChI=1S/C7H12BrFO2S/c8-4-7(9)6-2-1-3-12(10,11)5-6/h6-7H,1-5H2. The van der Waals surface area contributed by atoms with Gasteiger partial charge in [-0.3, -0.25) is 0 Å². The first kappa shape index (κ1) is 10.4. The van der Waals surface area contributed by atoms with Crippen LogP contribution in [0.25, 0.3) is 0 Å². The SMILES string of the molecule is O=S1(=O)CCCC(C(F)CBr)C1. The molecule has 0 aliphatic carbocycles. The van der Waals surface area contributed by atoms with Gasteiger partial charge in [0.1, 0.15) is 6.17 Å². The van der Waals surface area contributed by atoms with Gasteiger partial charge in [-0.05, 0) is 12.8 Å². The van der Waals surface area contributed by atoms with E-state index in [2.05, 4.69) is 15.9 Å². The largest absolute Gasteiger partial charge is 0.246 e. The van der Waals surface area contributed by atoms with Gasteiger partial charge >= 0.3 is 0 Å². The van der Waals surface area contributed by atoms with Crippen molar-refractivity contribution in [1.82, 2.24) is 0 Å². The Kier molecular flexibility index (Phi) is 3.52. The van der Waals surface area contributed by atoms with Crippen LogP contribution in [0, 0.1) is 5.92 Å². The molecule has 2 unspecified atom stereocenters. The predicted molar refractivity (Wildman–Crippen MR) is 50.1 cm³/mol. The summed E-state index contributed by atoms with van der Waals surface area (Å²) in [5, 5.41) is 0.243. The molecule has 72 valence electrons. The normalized spacial score (nSPS) is 31.3. The molecule has 2 atom stereocenters. The summed E-state index contributed by atoms with van der Waals surface area (Å²) in [4.78, 5) is 0. The lowest BCUT2D eigenvalue weighted by molar-refractivity contribution is 0.255. The van der Waals surface area contributed by atoms with Gasteiger partial charge in [-0.15, -0.1) is 0 Å². The number of hydrogen-bond donors (Lipinski definition) is 0. The third-order valence-corrected chi connectivity index (χ3v) is 4.62. The molecule has 12 heavy (non-hydrogen) atoms. The Morgan fingerprint density at radius 1 is 1.58 bits per heavy atom. The van der Waals surface area contributed by atoms with Crippen LogP contribution < -0.4 is 0 Å². The molecule has 0 saturated carbocycles. The molecule has 0 aromatic rings. The fraction of sp³-hybridized carbons (Fsp3) is 1.00. The lowest BCUT2D eigenvalue weighted by Crippen LogP contribution is -2.31. The number of alkyl halides is 2. The summed E-state index contributed by atoms with van der Waals surface area (Å²) in [6, 6.07) is 0. The zero-order valence-corrected chi connectivity index (χ0v) is 9.07. The van der Waals surface area contributed by atoms with Crippen LogP contribution in [0.5, 0.6) is 0 Å². The molecule has 0 radical (unpaired) electrons. The van der Waals surface area contributed by atoms with Crippen molar-refractivity contribution in [2.24, 2.45) is 5.92 Å². The molecule has 1 fully saturated rings. The highest BCUT2D eigenvalue weighted by Crippen LogP contribution is 2.24. The van der Waals surface area contributed by atoms with E-state index in [-0.39, 0.29) is 22.8 Å². The first-order valence-electron chi connectivity index (χ1n) is 3.95. The number of halogens is 2. The summed E-state index contributed by atoms with van der Waals surface area (Å²) >= 11 is 3.02. The van der Waals surface area contributed by atoms with Gasteiger partial charge < -0.3 is 0 Å². The second kappa shape index (κ2) is 4.05. The van der Waals surface area contributed by atoms with E-state index >= 15 is 0 Å². The van der Waals surface area contributed by atoms with Gasteiger partial charge in [0.05, 0.1) is 11.5 Å². The summed E-state index contributed by atoms with van der Waals surface area (Å²) in [5.41, 5.74) is 0. The van der Waals surface area contributed by atoms with E-state index in [4.69, 9.17) is 0 Å². The minimum atomic E-state index is -2.95. The summed E-state index contributed by atoms with van der Waals surface area (Å²) in [6.45, 7) is 0. The van der Waals surface area contributed by atoms with Gasteiger partial charge in [0.25, 0.3) is 0 Å². The van der Waals surface area contributed by atoms with E-state index in [0.29, 0.717) is 12.8 Å². The monoisotopic (exact) mass is 258 g/mol. The fourth-order valence-corrected chi connectivity index (χ4v) is 3.80. The maximum atomic E-state index is 13.0. The first-order chi connectivity index (χ1) is 5.55. The molecule has 5 heteroatoms. The Labute approximate surface area is 80.6 Å². The Balaban J connectivity index is 2.58. The second-order valence-corrected chi connectivity index (χ2v) is 6.06. The average molecular weight is 259 g/mol. The molecule has 1 rings (SSSR count). The Morgan fingerprint density at radius 3 is 2.75 bits per heavy atom. The molecule has 1 aliphatic heterocycles. The van der Waals surface area contributed by atoms with Crippen LogP contribution in [0.2, 0.25) is 0 Å². The fourth-order valence-electron chi connectivity index (χ4n) is 1.47. The van der Waals surface area contributed by atoms with Crippen molar-refractivity contribution in [3.05, 3.63) is 0 Å². The van der Waals surface area contributed by atoms with E-state index in [1.807, 2.05) is 0 Å². The summed E-state index contributed by atoms with van der Waals surface area (Å²) in [6.07, 6.45) is 0.298. The van der Waals surface area contributed by atoms with Crippen LogP contribution in [-0.2, 0) is 9.84 Å². The maximum absolute atomic E-state index is 13.0. The smallest absolute Gasteiger partial charge is 0.150 e. The lowest BCUT2D eigenvalue weighted by Gasteiger charge is -2.23. The van der Waals surface area contributed by atoms with Crippen molar-refractivity contribution < 1.29 is 12.8 Å². The van der Waals surface area contributed by atoms with Crippen molar-refractivity contribution in [2.75, 3.05) is 16.8 Å². The van der Waals surface area contributed by atoms with E-state index < -0.39 is 16.0 Å². The van der Waals surface area contributed by atoms with Crippen LogP contribution in [0.1, 0.15) is 12.8 Å². The van der Waals surface area contributed by atoms with Crippen LogP contribution in [-0.4, -0.2) is 31.4 Å². The highest BCUT2D eigenvalue weighted by molar-refractivity contribution is 9.09. The lowest BCUT2D eigenvalue weighted by atomic mass is 10.0. The van der Waals surface area contributed by atoms with Crippen molar-refractivity contribution in [2.45, 2.75) is 19.0 Å². The van der Waals surface area contributed by atoms with Crippen LogP contribution >= 0.6 is 15.9 Å². The molecule has 0 spiro atoms. The Bertz CT molecular complexity index is 240. The summed E-state index contributed by atoms with van der Waals surface area (Å²) in [5.74, 6) is -0.0266. The van der Waals surface area contributed by atoms with Gasteiger partial charge in [-0.2, -0.15) is 0 Å². The van der Waals surface area contributed by atoms with Crippen LogP contribution in [0.3, 0.4) is 0 Å². The zero-order valence-electron chi connectivity index (χ0n) is 6.67. The molecule has 0 bridgehead atoms. The van der Waals surface area contributed by atoms with Gasteiger partial charge in [0.15, 0.2) is 9.84 Å². The average Bonchev–Trinajstić information content (AvgIpc) is 2.01. The van der Waals surface area contributed by atoms with Gasteiger partial charge in [-0.25, -0.2) is 12.8 Å². The van der Waals surface area contributed by atoms with E-state index in [1.165, 1.54) is 0 Å². The Morgan fingerprint density at radius 2 is 2.25 bits per heavy atom. The molecule has 1 aliphatic rings. The van der Waals surface area contributed by atoms with Gasteiger partial charge in [0, 0.05) is 11.2 Å². The highest BCUT2D eigenvalue weighted by Gasteiger charge is 2.30. The number of sulfone groups is 1. The molecule has 1 heterocycles. The van der Waals surface area contributed by atoms with Crippen molar-refractivity contribution in [1.29, 1.82) is 0 Å².